The summed E-state index contributed by atoms with van der Waals surface area (Å²) in [4.78, 5) is 4.13. The molecule has 2 nitrogen and oxygen atoms in total. The van der Waals surface area contributed by atoms with Crippen molar-refractivity contribution >= 4 is 0 Å². The van der Waals surface area contributed by atoms with E-state index in [0.717, 1.165) is 18.4 Å². The monoisotopic (exact) mass is 234 g/mol. The summed E-state index contributed by atoms with van der Waals surface area (Å²) in [5.41, 5.74) is 2.07. The molecule has 1 heterocycles. The number of pyridine rings is 1. The minimum absolute atomic E-state index is 0.325. The van der Waals surface area contributed by atoms with Crippen molar-refractivity contribution in [1.82, 2.24) is 4.98 Å². The van der Waals surface area contributed by atoms with Crippen LogP contribution in [0, 0.1) is 11.3 Å². The predicted molar refractivity (Wildman–Crippen MR) is 69.9 cm³/mol. The van der Waals surface area contributed by atoms with Crippen molar-refractivity contribution in [3.8, 4) is 6.07 Å². The summed E-state index contributed by atoms with van der Waals surface area (Å²) in [5, 5.41) is 9.48. The standard InChI is InChI=1S/C16H14N2/c17-12-16(15-7-4-8-18-11-15)9-14(10-16)13-5-2-1-3-6-13/h1-8,11,14H,9-10H2. The third-order valence-corrected chi connectivity index (χ3v) is 3.89. The number of hydrogen-bond acceptors (Lipinski definition) is 2. The molecule has 2 aromatic rings. The molecule has 0 amide bonds. The molecule has 18 heavy (non-hydrogen) atoms. The molecule has 0 unspecified atom stereocenters. The molecule has 0 N–H and O–H groups in total. The van der Waals surface area contributed by atoms with E-state index in [0.29, 0.717) is 5.92 Å². The second-order valence-electron chi connectivity index (χ2n) is 4.95. The van der Waals surface area contributed by atoms with Crippen molar-refractivity contribution in [3.05, 3.63) is 66.0 Å². The van der Waals surface area contributed by atoms with E-state index in [9.17, 15) is 5.26 Å². The Labute approximate surface area is 107 Å². The van der Waals surface area contributed by atoms with Crippen LogP contribution in [-0.2, 0) is 5.41 Å². The van der Waals surface area contributed by atoms with Gasteiger partial charge in [-0.15, -0.1) is 0 Å². The molecule has 2 heteroatoms. The van der Waals surface area contributed by atoms with Crippen LogP contribution in [0.3, 0.4) is 0 Å². The van der Waals surface area contributed by atoms with Gasteiger partial charge in [-0.05, 0) is 36.0 Å². The maximum absolute atomic E-state index is 9.48. The van der Waals surface area contributed by atoms with Crippen LogP contribution < -0.4 is 0 Å². The number of aromatic nitrogens is 1. The van der Waals surface area contributed by atoms with E-state index in [-0.39, 0.29) is 5.41 Å². The van der Waals surface area contributed by atoms with E-state index < -0.39 is 0 Å². The Hall–Kier alpha value is -2.14. The molecule has 88 valence electrons. The molecule has 3 rings (SSSR count). The Balaban J connectivity index is 1.83. The molecule has 0 saturated heterocycles. The van der Waals surface area contributed by atoms with Gasteiger partial charge in [0.15, 0.2) is 0 Å². The number of nitrogens with zero attached hydrogens (tertiary/aromatic N) is 2. The second-order valence-corrected chi connectivity index (χ2v) is 4.95. The van der Waals surface area contributed by atoms with Crippen LogP contribution in [0.15, 0.2) is 54.9 Å². The number of benzene rings is 1. The van der Waals surface area contributed by atoms with Gasteiger partial charge in [0.2, 0.25) is 0 Å². The molecule has 0 aliphatic heterocycles. The van der Waals surface area contributed by atoms with E-state index in [2.05, 4.69) is 35.3 Å². The highest BCUT2D eigenvalue weighted by Gasteiger charge is 2.46. The van der Waals surface area contributed by atoms with E-state index in [4.69, 9.17) is 0 Å². The van der Waals surface area contributed by atoms with Gasteiger partial charge in [0.05, 0.1) is 11.5 Å². The zero-order valence-electron chi connectivity index (χ0n) is 10.1. The van der Waals surface area contributed by atoms with Gasteiger partial charge >= 0.3 is 0 Å². The molecule has 0 atom stereocenters. The SMILES string of the molecule is N#CC1(c2cccnc2)CC(c2ccccc2)C1. The first-order chi connectivity index (χ1) is 8.84. The average molecular weight is 234 g/mol. The molecule has 0 bridgehead atoms. The Morgan fingerprint density at radius 2 is 1.89 bits per heavy atom. The number of rotatable bonds is 2. The third kappa shape index (κ3) is 1.69. The summed E-state index contributed by atoms with van der Waals surface area (Å²) in [6, 6.07) is 16.9. The number of hydrogen-bond donors (Lipinski definition) is 0. The van der Waals surface area contributed by atoms with Crippen LogP contribution >= 0.6 is 0 Å². The molecule has 1 fully saturated rings. The van der Waals surface area contributed by atoms with Gasteiger partial charge < -0.3 is 0 Å². The largest absolute Gasteiger partial charge is 0.264 e. The van der Waals surface area contributed by atoms with Gasteiger partial charge in [-0.3, -0.25) is 4.98 Å². The highest BCUT2D eigenvalue weighted by molar-refractivity contribution is 5.38. The lowest BCUT2D eigenvalue weighted by Gasteiger charge is -2.43. The number of nitriles is 1. The molecule has 1 aromatic heterocycles. The minimum Gasteiger partial charge on any atom is -0.264 e. The molecule has 1 aromatic carbocycles. The Bertz CT molecular complexity index is 563. The van der Waals surface area contributed by atoms with Gasteiger partial charge in [0, 0.05) is 12.4 Å². The predicted octanol–water partition coefficient (Wildman–Crippen LogP) is 3.42. The fraction of sp³-hybridized carbons (Fsp3) is 0.250. The fourth-order valence-electron chi connectivity index (χ4n) is 2.78. The van der Waals surface area contributed by atoms with Gasteiger partial charge in [-0.25, -0.2) is 0 Å². The van der Waals surface area contributed by atoms with Crippen molar-refractivity contribution < 1.29 is 0 Å². The highest BCUT2D eigenvalue weighted by atomic mass is 14.6. The van der Waals surface area contributed by atoms with E-state index >= 15 is 0 Å². The maximum Gasteiger partial charge on any atom is 0.0848 e. The molecular formula is C16H14N2. The van der Waals surface area contributed by atoms with Crippen molar-refractivity contribution in [2.45, 2.75) is 24.2 Å². The van der Waals surface area contributed by atoms with E-state index in [1.165, 1.54) is 5.56 Å². The zero-order valence-corrected chi connectivity index (χ0v) is 10.1. The zero-order chi connectivity index (χ0) is 12.4. The van der Waals surface area contributed by atoms with Gasteiger partial charge in [0.1, 0.15) is 0 Å². The van der Waals surface area contributed by atoms with Crippen LogP contribution in [0.4, 0.5) is 0 Å². The summed E-state index contributed by atoms with van der Waals surface area (Å²) in [6.45, 7) is 0. The molecule has 0 radical (unpaired) electrons. The van der Waals surface area contributed by atoms with E-state index in [1.54, 1.807) is 6.20 Å². The van der Waals surface area contributed by atoms with Gasteiger partial charge in [0.25, 0.3) is 0 Å². The smallest absolute Gasteiger partial charge is 0.0848 e. The van der Waals surface area contributed by atoms with Crippen LogP contribution in [0.5, 0.6) is 0 Å². The third-order valence-electron chi connectivity index (χ3n) is 3.89. The van der Waals surface area contributed by atoms with Gasteiger partial charge in [-0.2, -0.15) is 5.26 Å². The summed E-state index contributed by atoms with van der Waals surface area (Å²) in [7, 11) is 0. The molecule has 1 saturated carbocycles. The summed E-state index contributed by atoms with van der Waals surface area (Å²) in [5.74, 6) is 0.506. The Kier molecular flexibility index (Phi) is 2.60. The van der Waals surface area contributed by atoms with Crippen molar-refractivity contribution in [2.75, 3.05) is 0 Å². The lowest BCUT2D eigenvalue weighted by Crippen LogP contribution is -2.38. The first-order valence-corrected chi connectivity index (χ1v) is 6.21. The molecular weight excluding hydrogens is 220 g/mol. The fourth-order valence-corrected chi connectivity index (χ4v) is 2.78. The van der Waals surface area contributed by atoms with Crippen molar-refractivity contribution in [1.29, 1.82) is 5.26 Å². The first kappa shape index (κ1) is 11.0. The lowest BCUT2D eigenvalue weighted by molar-refractivity contribution is 0.269. The first-order valence-electron chi connectivity index (χ1n) is 6.21. The van der Waals surface area contributed by atoms with Crippen LogP contribution in [0.25, 0.3) is 0 Å². The normalized spacial score (nSPS) is 26.1. The topological polar surface area (TPSA) is 36.7 Å². The van der Waals surface area contributed by atoms with Gasteiger partial charge in [-0.1, -0.05) is 36.4 Å². The summed E-state index contributed by atoms with van der Waals surface area (Å²) < 4.78 is 0. The van der Waals surface area contributed by atoms with Crippen molar-refractivity contribution in [3.63, 3.8) is 0 Å². The second kappa shape index (κ2) is 4.27. The van der Waals surface area contributed by atoms with Crippen molar-refractivity contribution in [2.24, 2.45) is 0 Å². The minimum atomic E-state index is -0.325. The Morgan fingerprint density at radius 1 is 1.11 bits per heavy atom. The molecule has 1 aliphatic carbocycles. The molecule has 0 spiro atoms. The maximum atomic E-state index is 9.48. The van der Waals surface area contributed by atoms with E-state index in [1.807, 2.05) is 24.4 Å². The highest BCUT2D eigenvalue weighted by Crippen LogP contribution is 2.51. The lowest BCUT2D eigenvalue weighted by atomic mass is 9.58. The molecule has 1 aliphatic rings. The van der Waals surface area contributed by atoms with Crippen LogP contribution in [-0.4, -0.2) is 4.98 Å². The Morgan fingerprint density at radius 3 is 2.50 bits per heavy atom. The van der Waals surface area contributed by atoms with Crippen LogP contribution in [0.2, 0.25) is 0 Å². The summed E-state index contributed by atoms with van der Waals surface area (Å²) in [6.07, 6.45) is 5.38. The quantitative estimate of drug-likeness (QED) is 0.798. The summed E-state index contributed by atoms with van der Waals surface area (Å²) >= 11 is 0. The average Bonchev–Trinajstić information content (AvgIpc) is 2.41. The van der Waals surface area contributed by atoms with Crippen LogP contribution in [0.1, 0.15) is 29.9 Å².